The van der Waals surface area contributed by atoms with Crippen LogP contribution < -0.4 is 9.47 Å². The maximum Gasteiger partial charge on any atom is 0.199 e. The standard InChI is InChI=1S/C21H17ClO4S/c1-25-17-9-11-18(12-10-17)26-19-8-7-16(21(22)15-19)13-14-27(23,24)20-5-3-2-4-6-20/h2-15H,1H3/b14-13+. The molecule has 0 fully saturated rings. The molecular weight excluding hydrogens is 384 g/mol. The van der Waals surface area contributed by atoms with E-state index in [2.05, 4.69) is 0 Å². The molecule has 0 heterocycles. The van der Waals surface area contributed by atoms with Crippen molar-refractivity contribution in [1.29, 1.82) is 0 Å². The Labute approximate surface area is 163 Å². The van der Waals surface area contributed by atoms with Gasteiger partial charge in [-0.1, -0.05) is 29.8 Å². The van der Waals surface area contributed by atoms with Gasteiger partial charge in [0.25, 0.3) is 0 Å². The second-order valence-electron chi connectivity index (χ2n) is 5.62. The molecule has 27 heavy (non-hydrogen) atoms. The van der Waals surface area contributed by atoms with Crippen molar-refractivity contribution in [3.63, 3.8) is 0 Å². The minimum absolute atomic E-state index is 0.233. The van der Waals surface area contributed by atoms with Gasteiger partial charge in [-0.15, -0.1) is 0 Å². The third kappa shape index (κ3) is 4.90. The summed E-state index contributed by atoms with van der Waals surface area (Å²) in [5.41, 5.74) is 0.582. The predicted molar refractivity (Wildman–Crippen MR) is 107 cm³/mol. The van der Waals surface area contributed by atoms with Gasteiger partial charge in [0.1, 0.15) is 17.2 Å². The molecule has 3 aromatic rings. The van der Waals surface area contributed by atoms with Crippen LogP contribution in [0, 0.1) is 0 Å². The van der Waals surface area contributed by atoms with Crippen LogP contribution in [0.1, 0.15) is 5.56 Å². The van der Waals surface area contributed by atoms with E-state index >= 15 is 0 Å². The van der Waals surface area contributed by atoms with Crippen molar-refractivity contribution in [3.8, 4) is 17.2 Å². The van der Waals surface area contributed by atoms with E-state index in [1.54, 1.807) is 79.9 Å². The SMILES string of the molecule is COc1ccc(Oc2ccc(/C=C/S(=O)(=O)c3ccccc3)c(Cl)c2)cc1. The van der Waals surface area contributed by atoms with E-state index in [4.69, 9.17) is 21.1 Å². The van der Waals surface area contributed by atoms with Gasteiger partial charge in [0.05, 0.1) is 17.0 Å². The summed E-state index contributed by atoms with van der Waals surface area (Å²) < 4.78 is 35.5. The minimum Gasteiger partial charge on any atom is -0.497 e. The Morgan fingerprint density at radius 3 is 2.11 bits per heavy atom. The minimum atomic E-state index is -3.52. The van der Waals surface area contributed by atoms with E-state index in [1.807, 2.05) is 0 Å². The fourth-order valence-electron chi connectivity index (χ4n) is 2.34. The van der Waals surface area contributed by atoms with E-state index < -0.39 is 9.84 Å². The van der Waals surface area contributed by atoms with Gasteiger partial charge in [-0.05, 0) is 66.2 Å². The number of methoxy groups -OCH3 is 1. The zero-order valence-corrected chi connectivity index (χ0v) is 16.1. The van der Waals surface area contributed by atoms with Crippen LogP contribution in [0.2, 0.25) is 5.02 Å². The van der Waals surface area contributed by atoms with Gasteiger partial charge < -0.3 is 9.47 Å². The summed E-state index contributed by atoms with van der Waals surface area (Å²) in [5.74, 6) is 1.93. The molecule has 0 radical (unpaired) electrons. The van der Waals surface area contributed by atoms with E-state index in [1.165, 1.54) is 6.08 Å². The maximum absolute atomic E-state index is 12.3. The second kappa shape index (κ2) is 8.29. The second-order valence-corrected chi connectivity index (χ2v) is 7.86. The van der Waals surface area contributed by atoms with E-state index in [9.17, 15) is 8.42 Å². The Morgan fingerprint density at radius 2 is 1.48 bits per heavy atom. The van der Waals surface area contributed by atoms with Gasteiger partial charge >= 0.3 is 0 Å². The Morgan fingerprint density at radius 1 is 0.852 bits per heavy atom. The molecule has 0 aliphatic carbocycles. The quantitative estimate of drug-likeness (QED) is 0.541. The molecule has 0 amide bonds. The van der Waals surface area contributed by atoms with Crippen LogP contribution in [-0.2, 0) is 9.84 Å². The van der Waals surface area contributed by atoms with E-state index in [0.29, 0.717) is 22.1 Å². The fourth-order valence-corrected chi connectivity index (χ4v) is 3.59. The highest BCUT2D eigenvalue weighted by Gasteiger charge is 2.10. The highest BCUT2D eigenvalue weighted by Crippen LogP contribution is 2.29. The number of sulfone groups is 1. The average Bonchev–Trinajstić information content (AvgIpc) is 2.69. The zero-order chi connectivity index (χ0) is 19.3. The largest absolute Gasteiger partial charge is 0.497 e. The highest BCUT2D eigenvalue weighted by atomic mass is 35.5. The fraction of sp³-hybridized carbons (Fsp3) is 0.0476. The average molecular weight is 401 g/mol. The number of hydrogen-bond acceptors (Lipinski definition) is 4. The van der Waals surface area contributed by atoms with Crippen molar-refractivity contribution in [2.24, 2.45) is 0 Å². The molecule has 3 aromatic carbocycles. The molecule has 3 rings (SSSR count). The Hall–Kier alpha value is -2.76. The van der Waals surface area contributed by atoms with E-state index in [-0.39, 0.29) is 4.90 Å². The van der Waals surface area contributed by atoms with Crippen LogP contribution >= 0.6 is 11.6 Å². The lowest BCUT2D eigenvalue weighted by Gasteiger charge is -2.08. The van der Waals surface area contributed by atoms with Crippen molar-refractivity contribution in [3.05, 3.63) is 88.8 Å². The molecule has 0 bridgehead atoms. The summed E-state index contributed by atoms with van der Waals surface area (Å²) >= 11 is 6.27. The summed E-state index contributed by atoms with van der Waals surface area (Å²) in [6, 6.07) is 20.5. The molecule has 0 aromatic heterocycles. The third-order valence-electron chi connectivity index (χ3n) is 3.77. The number of benzene rings is 3. The van der Waals surface area contributed by atoms with Gasteiger partial charge in [-0.3, -0.25) is 0 Å². The van der Waals surface area contributed by atoms with Gasteiger partial charge in [0.2, 0.25) is 0 Å². The first-order chi connectivity index (χ1) is 13.0. The van der Waals surface area contributed by atoms with Gasteiger partial charge in [0.15, 0.2) is 9.84 Å². The molecule has 6 heteroatoms. The summed E-state index contributed by atoms with van der Waals surface area (Å²) in [7, 11) is -1.93. The maximum atomic E-state index is 12.3. The molecule has 0 unspecified atom stereocenters. The third-order valence-corrected chi connectivity index (χ3v) is 5.52. The topological polar surface area (TPSA) is 52.6 Å². The predicted octanol–water partition coefficient (Wildman–Crippen LogP) is 5.59. The molecule has 0 spiro atoms. The van der Waals surface area contributed by atoms with Crippen molar-refractivity contribution >= 4 is 27.5 Å². The molecule has 138 valence electrons. The molecule has 4 nitrogen and oxygen atoms in total. The van der Waals surface area contributed by atoms with Gasteiger partial charge in [-0.25, -0.2) is 8.42 Å². The lowest BCUT2D eigenvalue weighted by atomic mass is 10.2. The van der Waals surface area contributed by atoms with Crippen LogP contribution in [0.25, 0.3) is 6.08 Å². The van der Waals surface area contributed by atoms with Crippen molar-refractivity contribution in [1.82, 2.24) is 0 Å². The monoisotopic (exact) mass is 400 g/mol. The number of halogens is 1. The Balaban J connectivity index is 1.76. The van der Waals surface area contributed by atoms with Crippen LogP contribution in [0.4, 0.5) is 0 Å². The first kappa shape index (κ1) is 19.0. The summed E-state index contributed by atoms with van der Waals surface area (Å²) in [6.45, 7) is 0. The van der Waals surface area contributed by atoms with Gasteiger partial charge in [0, 0.05) is 5.41 Å². The Kier molecular flexibility index (Phi) is 5.84. The molecular formula is C21H17ClO4S. The summed E-state index contributed by atoms with van der Waals surface area (Å²) in [4.78, 5) is 0.233. The molecule has 0 atom stereocenters. The van der Waals surface area contributed by atoms with Crippen molar-refractivity contribution < 1.29 is 17.9 Å². The van der Waals surface area contributed by atoms with Crippen LogP contribution in [0.15, 0.2) is 83.1 Å². The lowest BCUT2D eigenvalue weighted by molar-refractivity contribution is 0.413. The number of rotatable bonds is 6. The molecule has 0 aliphatic rings. The number of hydrogen-bond donors (Lipinski definition) is 0. The molecule has 0 saturated heterocycles. The molecule has 0 saturated carbocycles. The molecule has 0 aliphatic heterocycles. The lowest BCUT2D eigenvalue weighted by Crippen LogP contribution is -1.95. The summed E-state index contributed by atoms with van der Waals surface area (Å²) in [6.07, 6.45) is 1.47. The summed E-state index contributed by atoms with van der Waals surface area (Å²) in [5, 5.41) is 1.54. The highest BCUT2D eigenvalue weighted by molar-refractivity contribution is 7.94. The van der Waals surface area contributed by atoms with Crippen molar-refractivity contribution in [2.45, 2.75) is 4.90 Å². The smallest absolute Gasteiger partial charge is 0.199 e. The van der Waals surface area contributed by atoms with Crippen molar-refractivity contribution in [2.75, 3.05) is 7.11 Å². The van der Waals surface area contributed by atoms with E-state index in [0.717, 1.165) is 11.2 Å². The zero-order valence-electron chi connectivity index (χ0n) is 14.5. The normalized spacial score (nSPS) is 11.5. The molecule has 0 N–H and O–H groups in total. The van der Waals surface area contributed by atoms with Gasteiger partial charge in [-0.2, -0.15) is 0 Å². The first-order valence-corrected chi connectivity index (χ1v) is 10.00. The number of ether oxygens (including phenoxy) is 2. The first-order valence-electron chi connectivity index (χ1n) is 8.07. The van der Waals surface area contributed by atoms with Crippen LogP contribution in [0.3, 0.4) is 0 Å². The van der Waals surface area contributed by atoms with Crippen LogP contribution in [0.5, 0.6) is 17.2 Å². The van der Waals surface area contributed by atoms with Crippen LogP contribution in [-0.4, -0.2) is 15.5 Å². The Bertz CT molecular complexity index is 1040.